The lowest BCUT2D eigenvalue weighted by molar-refractivity contribution is 0.684. The molecule has 0 radical (unpaired) electrons. The first-order valence-corrected chi connectivity index (χ1v) is 6.67. The van der Waals surface area contributed by atoms with Gasteiger partial charge < -0.3 is 5.32 Å². The summed E-state index contributed by atoms with van der Waals surface area (Å²) in [6, 6.07) is 8.58. The van der Waals surface area contributed by atoms with E-state index in [1.165, 1.54) is 20.4 Å². The van der Waals surface area contributed by atoms with Crippen LogP contribution in [0, 0.1) is 10.5 Å². The van der Waals surface area contributed by atoms with Crippen molar-refractivity contribution in [2.24, 2.45) is 7.05 Å². The minimum absolute atomic E-state index is 0.867. The van der Waals surface area contributed by atoms with Gasteiger partial charge in [0.05, 0.1) is 6.20 Å². The number of benzene rings is 1. The molecule has 0 aliphatic heterocycles. The summed E-state index contributed by atoms with van der Waals surface area (Å²) >= 11 is 2.32. The molecule has 2 aromatic rings. The highest BCUT2D eigenvalue weighted by Gasteiger charge is 2.02. The SMILES string of the molecule is Cc1c(CNCc2ccc(I)cc2)cnn1C. The van der Waals surface area contributed by atoms with E-state index in [9.17, 15) is 0 Å². The van der Waals surface area contributed by atoms with Crippen molar-refractivity contribution in [2.75, 3.05) is 0 Å². The Kier molecular flexibility index (Phi) is 4.17. The van der Waals surface area contributed by atoms with Crippen LogP contribution in [0.4, 0.5) is 0 Å². The van der Waals surface area contributed by atoms with E-state index in [0.29, 0.717) is 0 Å². The predicted molar refractivity (Wildman–Crippen MR) is 77.6 cm³/mol. The zero-order valence-electron chi connectivity index (χ0n) is 10.1. The molecule has 0 amide bonds. The number of nitrogens with one attached hydrogen (secondary N) is 1. The lowest BCUT2D eigenvalue weighted by atomic mass is 10.2. The molecule has 0 aliphatic carbocycles. The van der Waals surface area contributed by atoms with E-state index >= 15 is 0 Å². The van der Waals surface area contributed by atoms with Gasteiger partial charge in [-0.15, -0.1) is 0 Å². The number of nitrogens with zero attached hydrogens (tertiary/aromatic N) is 2. The fourth-order valence-corrected chi connectivity index (χ4v) is 2.02. The summed E-state index contributed by atoms with van der Waals surface area (Å²) < 4.78 is 3.18. The Morgan fingerprint density at radius 2 is 1.94 bits per heavy atom. The topological polar surface area (TPSA) is 29.9 Å². The number of hydrogen-bond acceptors (Lipinski definition) is 2. The van der Waals surface area contributed by atoms with Crippen LogP contribution in [0.5, 0.6) is 0 Å². The Hall–Kier alpha value is -0.880. The maximum absolute atomic E-state index is 4.23. The molecule has 0 bridgehead atoms. The highest BCUT2D eigenvalue weighted by Crippen LogP contribution is 2.08. The Balaban J connectivity index is 1.87. The van der Waals surface area contributed by atoms with Gasteiger partial charge in [0.15, 0.2) is 0 Å². The standard InChI is InChI=1S/C13H16IN3/c1-10-12(9-16-17(10)2)8-15-7-11-3-5-13(14)6-4-11/h3-6,9,15H,7-8H2,1-2H3. The summed E-state index contributed by atoms with van der Waals surface area (Å²) in [6.45, 7) is 3.85. The number of rotatable bonds is 4. The molecule has 17 heavy (non-hydrogen) atoms. The Bertz CT molecular complexity index is 488. The van der Waals surface area contributed by atoms with Crippen LogP contribution < -0.4 is 5.32 Å². The zero-order chi connectivity index (χ0) is 12.3. The molecule has 90 valence electrons. The van der Waals surface area contributed by atoms with Gasteiger partial charge in [-0.1, -0.05) is 12.1 Å². The lowest BCUT2D eigenvalue weighted by Crippen LogP contribution is -2.13. The van der Waals surface area contributed by atoms with Crippen LogP contribution >= 0.6 is 22.6 Å². The summed E-state index contributed by atoms with van der Waals surface area (Å²) in [7, 11) is 1.97. The first-order valence-electron chi connectivity index (χ1n) is 5.59. The maximum Gasteiger partial charge on any atom is 0.0537 e. The van der Waals surface area contributed by atoms with Gasteiger partial charge in [0, 0.05) is 35.0 Å². The van der Waals surface area contributed by atoms with Crippen LogP contribution in [0.3, 0.4) is 0 Å². The van der Waals surface area contributed by atoms with Gasteiger partial charge in [0.25, 0.3) is 0 Å². The number of halogens is 1. The average Bonchev–Trinajstić information content (AvgIpc) is 2.64. The summed E-state index contributed by atoms with van der Waals surface area (Å²) in [6.07, 6.45) is 1.93. The predicted octanol–water partition coefficient (Wildman–Crippen LogP) is 2.62. The molecule has 0 unspecified atom stereocenters. The van der Waals surface area contributed by atoms with Crippen molar-refractivity contribution in [3.8, 4) is 0 Å². The molecule has 0 aliphatic rings. The molecule has 1 aromatic heterocycles. The van der Waals surface area contributed by atoms with Crippen LogP contribution in [0.1, 0.15) is 16.8 Å². The normalized spacial score (nSPS) is 10.8. The molecular weight excluding hydrogens is 325 g/mol. The summed E-state index contributed by atoms with van der Waals surface area (Å²) in [5, 5.41) is 7.66. The Morgan fingerprint density at radius 3 is 2.53 bits per heavy atom. The molecule has 0 spiro atoms. The third kappa shape index (κ3) is 3.29. The van der Waals surface area contributed by atoms with Gasteiger partial charge in [-0.3, -0.25) is 4.68 Å². The van der Waals surface area contributed by atoms with Crippen LogP contribution in [0.15, 0.2) is 30.5 Å². The monoisotopic (exact) mass is 341 g/mol. The van der Waals surface area contributed by atoms with Crippen molar-refractivity contribution < 1.29 is 0 Å². The van der Waals surface area contributed by atoms with Crippen molar-refractivity contribution in [1.29, 1.82) is 0 Å². The van der Waals surface area contributed by atoms with Crippen molar-refractivity contribution in [3.05, 3.63) is 50.9 Å². The molecular formula is C13H16IN3. The largest absolute Gasteiger partial charge is 0.308 e. The van der Waals surface area contributed by atoms with Gasteiger partial charge in [-0.2, -0.15) is 5.10 Å². The van der Waals surface area contributed by atoms with Crippen LogP contribution in [-0.4, -0.2) is 9.78 Å². The smallest absolute Gasteiger partial charge is 0.0537 e. The quantitative estimate of drug-likeness (QED) is 0.867. The van der Waals surface area contributed by atoms with E-state index in [0.717, 1.165) is 13.1 Å². The second kappa shape index (κ2) is 5.64. The van der Waals surface area contributed by atoms with Crippen molar-refractivity contribution >= 4 is 22.6 Å². The van der Waals surface area contributed by atoms with Crippen LogP contribution in [-0.2, 0) is 20.1 Å². The number of aromatic nitrogens is 2. The van der Waals surface area contributed by atoms with E-state index in [-0.39, 0.29) is 0 Å². The Labute approximate surface area is 115 Å². The molecule has 4 heteroatoms. The first-order chi connectivity index (χ1) is 8.16. The fourth-order valence-electron chi connectivity index (χ4n) is 1.66. The highest BCUT2D eigenvalue weighted by molar-refractivity contribution is 14.1. The number of aryl methyl sites for hydroxylation is 1. The molecule has 0 saturated heterocycles. The fraction of sp³-hybridized carbons (Fsp3) is 0.308. The van der Waals surface area contributed by atoms with Crippen LogP contribution in [0.25, 0.3) is 0 Å². The third-order valence-corrected chi connectivity index (χ3v) is 3.61. The van der Waals surface area contributed by atoms with Crippen molar-refractivity contribution in [1.82, 2.24) is 15.1 Å². The third-order valence-electron chi connectivity index (χ3n) is 2.89. The van der Waals surface area contributed by atoms with E-state index in [4.69, 9.17) is 0 Å². The average molecular weight is 341 g/mol. The van der Waals surface area contributed by atoms with Crippen LogP contribution in [0.2, 0.25) is 0 Å². The van der Waals surface area contributed by atoms with Gasteiger partial charge in [0.1, 0.15) is 0 Å². The van der Waals surface area contributed by atoms with Crippen molar-refractivity contribution in [2.45, 2.75) is 20.0 Å². The number of hydrogen-bond donors (Lipinski definition) is 1. The second-order valence-electron chi connectivity index (χ2n) is 4.11. The highest BCUT2D eigenvalue weighted by atomic mass is 127. The molecule has 2 rings (SSSR count). The second-order valence-corrected chi connectivity index (χ2v) is 5.35. The van der Waals surface area contributed by atoms with E-state index in [1.807, 2.05) is 17.9 Å². The summed E-state index contributed by atoms with van der Waals surface area (Å²) in [5.74, 6) is 0. The van der Waals surface area contributed by atoms with Gasteiger partial charge in [-0.25, -0.2) is 0 Å². The van der Waals surface area contributed by atoms with E-state index < -0.39 is 0 Å². The van der Waals surface area contributed by atoms with Gasteiger partial charge >= 0.3 is 0 Å². The minimum atomic E-state index is 0.867. The molecule has 1 N–H and O–H groups in total. The lowest BCUT2D eigenvalue weighted by Gasteiger charge is -2.05. The zero-order valence-corrected chi connectivity index (χ0v) is 12.2. The maximum atomic E-state index is 4.23. The molecule has 0 fully saturated rings. The van der Waals surface area contributed by atoms with Crippen molar-refractivity contribution in [3.63, 3.8) is 0 Å². The van der Waals surface area contributed by atoms with Gasteiger partial charge in [0.2, 0.25) is 0 Å². The molecule has 0 atom stereocenters. The molecule has 3 nitrogen and oxygen atoms in total. The summed E-state index contributed by atoms with van der Waals surface area (Å²) in [5.41, 5.74) is 3.80. The molecule has 1 heterocycles. The molecule has 0 saturated carbocycles. The van der Waals surface area contributed by atoms with Gasteiger partial charge in [-0.05, 0) is 47.2 Å². The van der Waals surface area contributed by atoms with E-state index in [2.05, 4.69) is 64.2 Å². The minimum Gasteiger partial charge on any atom is -0.308 e. The van der Waals surface area contributed by atoms with E-state index in [1.54, 1.807) is 0 Å². The molecule has 1 aromatic carbocycles. The first kappa shape index (κ1) is 12.6. The Morgan fingerprint density at radius 1 is 1.24 bits per heavy atom. The summed E-state index contributed by atoms with van der Waals surface area (Å²) in [4.78, 5) is 0.